The highest BCUT2D eigenvalue weighted by Crippen LogP contribution is 2.11. The number of rotatable bonds is 0. The molecule has 0 saturated carbocycles. The molecule has 0 atom stereocenters. The molecule has 0 heterocycles. The van der Waals surface area contributed by atoms with Crippen molar-refractivity contribution in [3.63, 3.8) is 0 Å². The topological polar surface area (TPSA) is 37.3 Å². The van der Waals surface area contributed by atoms with Crippen LogP contribution in [0.4, 0.5) is 4.70 Å². The summed E-state index contributed by atoms with van der Waals surface area (Å²) in [7, 11) is 0. The van der Waals surface area contributed by atoms with E-state index in [-0.39, 0.29) is 11.2 Å². The lowest BCUT2D eigenvalue weighted by atomic mass is 10.1. The van der Waals surface area contributed by atoms with E-state index >= 15 is 0 Å². The minimum Gasteiger partial charge on any atom is -0.483 e. The van der Waals surface area contributed by atoms with Crippen LogP contribution in [0.3, 0.4) is 0 Å². The smallest absolute Gasteiger partial charge is 0.290 e. The molecule has 1 N–H and O–H groups in total. The fourth-order valence-electron chi connectivity index (χ4n) is 1.13. The summed E-state index contributed by atoms with van der Waals surface area (Å²) in [6.45, 7) is -0.250. The van der Waals surface area contributed by atoms with Crippen LogP contribution < -0.4 is 0 Å². The molecule has 0 aromatic heterocycles. The van der Waals surface area contributed by atoms with E-state index in [1.54, 1.807) is 0 Å². The van der Waals surface area contributed by atoms with Crippen LogP contribution in [-0.4, -0.2) is 11.6 Å². The summed E-state index contributed by atoms with van der Waals surface area (Å²) >= 11 is 0. The van der Waals surface area contributed by atoms with Crippen LogP contribution in [0.5, 0.6) is 0 Å². The maximum absolute atomic E-state index is 8.36. The number of halogens is 1. The van der Waals surface area contributed by atoms with Gasteiger partial charge in [-0.25, -0.2) is 0 Å². The predicted molar refractivity (Wildman–Crippen MR) is 55.1 cm³/mol. The standard InChI is InChI=1S/C10H8.CH2O2.FH/c1-2-6-10-8-4-3-7-9(10)5-1;2-1-3;/h1-8H;1H,(H,2,3);1H. The Morgan fingerprint density at radius 1 is 0.857 bits per heavy atom. The van der Waals surface area contributed by atoms with Gasteiger partial charge in [0.25, 0.3) is 6.47 Å². The molecule has 0 saturated heterocycles. The second kappa shape index (κ2) is 6.60. The molecule has 0 bridgehead atoms. The van der Waals surface area contributed by atoms with Crippen LogP contribution in [-0.2, 0) is 4.79 Å². The highest BCUT2D eigenvalue weighted by atomic mass is 19.0. The predicted octanol–water partition coefficient (Wildman–Crippen LogP) is 2.69. The Morgan fingerprint density at radius 3 is 1.29 bits per heavy atom. The van der Waals surface area contributed by atoms with E-state index in [0.29, 0.717) is 0 Å². The van der Waals surface area contributed by atoms with Crippen molar-refractivity contribution in [1.82, 2.24) is 0 Å². The third-order valence-electron chi connectivity index (χ3n) is 1.66. The maximum atomic E-state index is 8.36. The molecule has 0 amide bonds. The van der Waals surface area contributed by atoms with Gasteiger partial charge in [0.1, 0.15) is 0 Å². The first kappa shape index (κ1) is 12.1. The summed E-state index contributed by atoms with van der Waals surface area (Å²) < 4.78 is 0. The van der Waals surface area contributed by atoms with E-state index in [1.807, 2.05) is 0 Å². The average Bonchev–Trinajstić information content (AvgIpc) is 2.19. The highest BCUT2D eigenvalue weighted by Gasteiger charge is 1.85. The zero-order valence-electron chi connectivity index (χ0n) is 7.46. The van der Waals surface area contributed by atoms with Gasteiger partial charge < -0.3 is 5.11 Å². The third-order valence-corrected chi connectivity index (χ3v) is 1.66. The number of hydrogen-bond donors (Lipinski definition) is 1. The van der Waals surface area contributed by atoms with Gasteiger partial charge in [0.05, 0.1) is 0 Å². The molecule has 3 heteroatoms. The SMILES string of the molecule is F.O=CO.c1ccc2ccccc2c1. The fourth-order valence-corrected chi connectivity index (χ4v) is 1.13. The average molecular weight is 194 g/mol. The van der Waals surface area contributed by atoms with E-state index in [2.05, 4.69) is 48.5 Å². The lowest BCUT2D eigenvalue weighted by Crippen LogP contribution is -1.67. The van der Waals surface area contributed by atoms with Crippen LogP contribution in [0.2, 0.25) is 0 Å². The molecule has 14 heavy (non-hydrogen) atoms. The van der Waals surface area contributed by atoms with E-state index in [1.165, 1.54) is 10.8 Å². The highest BCUT2D eigenvalue weighted by molar-refractivity contribution is 5.81. The summed E-state index contributed by atoms with van der Waals surface area (Å²) in [6.07, 6.45) is 0. The van der Waals surface area contributed by atoms with Crippen molar-refractivity contribution in [3.05, 3.63) is 48.5 Å². The zero-order valence-corrected chi connectivity index (χ0v) is 7.46. The van der Waals surface area contributed by atoms with Crippen LogP contribution in [0.25, 0.3) is 10.8 Å². The minimum atomic E-state index is -0.250. The number of carboxylic acid groups (broad SMARTS) is 1. The Morgan fingerprint density at radius 2 is 1.07 bits per heavy atom. The number of fused-ring (bicyclic) bond motifs is 1. The Kier molecular flexibility index (Phi) is 5.70. The summed E-state index contributed by atoms with van der Waals surface area (Å²) in [4.78, 5) is 8.36. The van der Waals surface area contributed by atoms with Crippen molar-refractivity contribution in [1.29, 1.82) is 0 Å². The molecule has 74 valence electrons. The van der Waals surface area contributed by atoms with Gasteiger partial charge in [0, 0.05) is 0 Å². The van der Waals surface area contributed by atoms with Gasteiger partial charge in [0.15, 0.2) is 0 Å². The second-order valence-corrected chi connectivity index (χ2v) is 2.45. The van der Waals surface area contributed by atoms with Gasteiger partial charge in [-0.1, -0.05) is 48.5 Å². The Hall–Kier alpha value is -1.90. The Bertz CT molecular complexity index is 322. The Labute approximate surface area is 81.2 Å². The van der Waals surface area contributed by atoms with Crippen LogP contribution in [0.1, 0.15) is 0 Å². The lowest BCUT2D eigenvalue weighted by Gasteiger charge is -1.92. The molecule has 2 aromatic rings. The number of hydrogen-bond acceptors (Lipinski definition) is 1. The normalized spacial score (nSPS) is 8.00. The maximum Gasteiger partial charge on any atom is 0.290 e. The summed E-state index contributed by atoms with van der Waals surface area (Å²) in [5.74, 6) is 0. The largest absolute Gasteiger partial charge is 0.483 e. The molecule has 0 aliphatic heterocycles. The first-order valence-corrected chi connectivity index (χ1v) is 3.90. The van der Waals surface area contributed by atoms with Gasteiger partial charge in [-0.05, 0) is 10.8 Å². The monoisotopic (exact) mass is 194 g/mol. The Balaban J connectivity index is 0.000000381. The molecule has 0 unspecified atom stereocenters. The van der Waals surface area contributed by atoms with Crippen molar-refractivity contribution in [2.45, 2.75) is 0 Å². The summed E-state index contributed by atoms with van der Waals surface area (Å²) in [5, 5.41) is 9.51. The van der Waals surface area contributed by atoms with Crippen molar-refractivity contribution < 1.29 is 14.6 Å². The molecule has 0 spiro atoms. The van der Waals surface area contributed by atoms with Crippen LogP contribution >= 0.6 is 0 Å². The molecular weight excluding hydrogens is 183 g/mol. The van der Waals surface area contributed by atoms with Crippen LogP contribution in [0.15, 0.2) is 48.5 Å². The van der Waals surface area contributed by atoms with Crippen molar-refractivity contribution in [2.24, 2.45) is 0 Å². The number of carbonyl (C=O) groups is 1. The zero-order chi connectivity index (χ0) is 9.52. The van der Waals surface area contributed by atoms with E-state index in [4.69, 9.17) is 9.90 Å². The second-order valence-electron chi connectivity index (χ2n) is 2.45. The van der Waals surface area contributed by atoms with Gasteiger partial charge in [-0.15, -0.1) is 0 Å². The van der Waals surface area contributed by atoms with Gasteiger partial charge in [-0.2, -0.15) is 0 Å². The summed E-state index contributed by atoms with van der Waals surface area (Å²) in [6, 6.07) is 16.7. The first-order chi connectivity index (χ1) is 6.38. The quantitative estimate of drug-likeness (QED) is 0.654. The van der Waals surface area contributed by atoms with Crippen molar-refractivity contribution in [3.8, 4) is 0 Å². The van der Waals surface area contributed by atoms with E-state index in [0.717, 1.165) is 0 Å². The lowest BCUT2D eigenvalue weighted by molar-refractivity contribution is -0.122. The number of benzene rings is 2. The first-order valence-electron chi connectivity index (χ1n) is 3.90. The van der Waals surface area contributed by atoms with Gasteiger partial charge >= 0.3 is 0 Å². The van der Waals surface area contributed by atoms with E-state index < -0.39 is 0 Å². The molecule has 0 aliphatic rings. The third kappa shape index (κ3) is 3.23. The minimum absolute atomic E-state index is 0. The van der Waals surface area contributed by atoms with Crippen LogP contribution in [0, 0.1) is 0 Å². The summed E-state index contributed by atoms with van der Waals surface area (Å²) in [5.41, 5.74) is 0. The molecule has 2 rings (SSSR count). The molecular formula is C11H11FO2. The molecule has 0 fully saturated rings. The van der Waals surface area contributed by atoms with Gasteiger partial charge in [0.2, 0.25) is 0 Å². The molecule has 2 aromatic carbocycles. The molecule has 2 nitrogen and oxygen atoms in total. The van der Waals surface area contributed by atoms with Crippen molar-refractivity contribution >= 4 is 17.2 Å². The van der Waals surface area contributed by atoms with Crippen molar-refractivity contribution in [2.75, 3.05) is 0 Å². The fraction of sp³-hybridized carbons (Fsp3) is 0. The molecule has 0 radical (unpaired) electrons. The van der Waals surface area contributed by atoms with E-state index in [9.17, 15) is 0 Å². The molecule has 0 aliphatic carbocycles. The van der Waals surface area contributed by atoms with Gasteiger partial charge in [-0.3, -0.25) is 9.50 Å².